The molecule has 4 nitrogen and oxygen atoms in total. The molecule has 0 spiro atoms. The van der Waals surface area contributed by atoms with Gasteiger partial charge in [0.2, 0.25) is 0 Å². The van der Waals surface area contributed by atoms with Crippen molar-refractivity contribution in [3.63, 3.8) is 0 Å². The number of carbonyl (C=O) groups excluding carboxylic acids is 1. The smallest absolute Gasteiger partial charge is 0.251 e. The predicted octanol–water partition coefficient (Wildman–Crippen LogP) is 1.63. The molecule has 2 saturated heterocycles. The summed E-state index contributed by atoms with van der Waals surface area (Å²) in [7, 11) is 0. The Hall–Kier alpha value is -1.55. The number of aryl methyl sites for hydroxylation is 1. The van der Waals surface area contributed by atoms with Gasteiger partial charge in [0.25, 0.3) is 5.91 Å². The van der Waals surface area contributed by atoms with Gasteiger partial charge in [-0.25, -0.2) is 0 Å². The molecule has 3 N–H and O–H groups in total. The van der Waals surface area contributed by atoms with Crippen molar-refractivity contribution < 1.29 is 9.53 Å². The van der Waals surface area contributed by atoms with Gasteiger partial charge in [-0.3, -0.25) is 4.79 Å². The average Bonchev–Trinajstić information content (AvgIpc) is 2.90. The van der Waals surface area contributed by atoms with Crippen LogP contribution < -0.4 is 11.1 Å². The van der Waals surface area contributed by atoms with Gasteiger partial charge in [-0.05, 0) is 49.9 Å². The van der Waals surface area contributed by atoms with Crippen molar-refractivity contribution in [3.8, 4) is 0 Å². The number of nitrogen functional groups attached to an aromatic ring is 1. The molecular formula is C14H18N2O2. The minimum atomic E-state index is -0.0198. The minimum Gasteiger partial charge on any atom is -0.399 e. The first-order valence-electron chi connectivity index (χ1n) is 6.46. The highest BCUT2D eigenvalue weighted by molar-refractivity contribution is 5.96. The fourth-order valence-corrected chi connectivity index (χ4v) is 2.98. The number of fused-ring (bicyclic) bond motifs is 2. The molecule has 0 aliphatic carbocycles. The van der Waals surface area contributed by atoms with Crippen LogP contribution >= 0.6 is 0 Å². The second-order valence-electron chi connectivity index (χ2n) is 5.26. The minimum absolute atomic E-state index is 0.0198. The largest absolute Gasteiger partial charge is 0.399 e. The van der Waals surface area contributed by atoms with Crippen LogP contribution in [0, 0.1) is 6.92 Å². The summed E-state index contributed by atoms with van der Waals surface area (Å²) < 4.78 is 5.74. The van der Waals surface area contributed by atoms with Crippen LogP contribution in [0.15, 0.2) is 18.2 Å². The molecule has 18 heavy (non-hydrogen) atoms. The van der Waals surface area contributed by atoms with Gasteiger partial charge in [0.15, 0.2) is 0 Å². The molecule has 4 heteroatoms. The van der Waals surface area contributed by atoms with Gasteiger partial charge in [0.05, 0.1) is 18.2 Å². The third-order valence-corrected chi connectivity index (χ3v) is 3.92. The zero-order valence-electron chi connectivity index (χ0n) is 10.5. The maximum absolute atomic E-state index is 12.2. The number of hydrogen-bond donors (Lipinski definition) is 2. The van der Waals surface area contributed by atoms with E-state index in [-0.39, 0.29) is 18.1 Å². The van der Waals surface area contributed by atoms with Crippen molar-refractivity contribution in [2.75, 3.05) is 5.73 Å². The lowest BCUT2D eigenvalue weighted by Gasteiger charge is -2.20. The summed E-state index contributed by atoms with van der Waals surface area (Å²) in [5.74, 6) is -0.0198. The van der Waals surface area contributed by atoms with Crippen LogP contribution in [0.4, 0.5) is 5.69 Å². The van der Waals surface area contributed by atoms with E-state index in [1.807, 2.05) is 13.0 Å². The maximum Gasteiger partial charge on any atom is 0.251 e. The Morgan fingerprint density at radius 3 is 2.89 bits per heavy atom. The second kappa shape index (κ2) is 4.28. The molecule has 2 bridgehead atoms. The van der Waals surface area contributed by atoms with Crippen molar-refractivity contribution >= 4 is 11.6 Å². The van der Waals surface area contributed by atoms with E-state index in [1.54, 1.807) is 12.1 Å². The Morgan fingerprint density at radius 1 is 1.44 bits per heavy atom. The molecule has 3 rings (SSSR count). The van der Waals surface area contributed by atoms with Gasteiger partial charge in [0, 0.05) is 11.3 Å². The fourth-order valence-electron chi connectivity index (χ4n) is 2.98. The van der Waals surface area contributed by atoms with Crippen LogP contribution in [-0.2, 0) is 4.74 Å². The molecule has 2 fully saturated rings. The molecule has 1 amide bonds. The van der Waals surface area contributed by atoms with Crippen LogP contribution in [0.3, 0.4) is 0 Å². The van der Waals surface area contributed by atoms with E-state index in [1.165, 1.54) is 0 Å². The van der Waals surface area contributed by atoms with E-state index in [0.717, 1.165) is 24.8 Å². The molecule has 3 atom stereocenters. The number of ether oxygens (including phenoxy) is 1. The first-order valence-corrected chi connectivity index (χ1v) is 6.46. The normalized spacial score (nSPS) is 29.5. The third-order valence-electron chi connectivity index (χ3n) is 3.92. The summed E-state index contributed by atoms with van der Waals surface area (Å²) >= 11 is 0. The Kier molecular flexibility index (Phi) is 2.74. The summed E-state index contributed by atoms with van der Waals surface area (Å²) in [4.78, 5) is 12.2. The molecule has 1 aromatic carbocycles. The zero-order valence-corrected chi connectivity index (χ0v) is 10.5. The molecule has 0 radical (unpaired) electrons. The Bertz CT molecular complexity index is 487. The molecule has 0 saturated carbocycles. The Morgan fingerprint density at radius 2 is 2.28 bits per heavy atom. The summed E-state index contributed by atoms with van der Waals surface area (Å²) in [6.07, 6.45) is 3.72. The number of hydrogen-bond acceptors (Lipinski definition) is 3. The van der Waals surface area contributed by atoms with Crippen molar-refractivity contribution in [3.05, 3.63) is 29.3 Å². The number of nitrogens with one attached hydrogen (secondary N) is 1. The first kappa shape index (κ1) is 11.5. The van der Waals surface area contributed by atoms with E-state index in [2.05, 4.69) is 5.32 Å². The lowest BCUT2D eigenvalue weighted by Crippen LogP contribution is -2.41. The third kappa shape index (κ3) is 1.97. The maximum atomic E-state index is 12.2. The molecule has 3 unspecified atom stereocenters. The number of nitrogens with two attached hydrogens (primary N) is 1. The van der Waals surface area contributed by atoms with Crippen LogP contribution in [0.5, 0.6) is 0 Å². The van der Waals surface area contributed by atoms with Crippen molar-refractivity contribution in [2.45, 2.75) is 44.4 Å². The summed E-state index contributed by atoms with van der Waals surface area (Å²) in [6.45, 7) is 1.91. The number of anilines is 1. The van der Waals surface area contributed by atoms with Crippen LogP contribution in [0.25, 0.3) is 0 Å². The molecule has 2 aliphatic heterocycles. The van der Waals surface area contributed by atoms with Crippen LogP contribution in [-0.4, -0.2) is 24.2 Å². The number of carbonyl (C=O) groups is 1. The van der Waals surface area contributed by atoms with Gasteiger partial charge in [-0.15, -0.1) is 0 Å². The van der Waals surface area contributed by atoms with E-state index >= 15 is 0 Å². The highest BCUT2D eigenvalue weighted by Gasteiger charge is 2.41. The first-order chi connectivity index (χ1) is 8.63. The van der Waals surface area contributed by atoms with Gasteiger partial charge in [-0.2, -0.15) is 0 Å². The fraction of sp³-hybridized carbons (Fsp3) is 0.500. The molecule has 1 aromatic rings. The molecular weight excluding hydrogens is 228 g/mol. The van der Waals surface area contributed by atoms with Crippen molar-refractivity contribution in [1.29, 1.82) is 0 Å². The monoisotopic (exact) mass is 246 g/mol. The number of rotatable bonds is 2. The van der Waals surface area contributed by atoms with Gasteiger partial charge in [0.1, 0.15) is 0 Å². The molecule has 2 aliphatic rings. The molecule has 96 valence electrons. The SMILES string of the molecule is Cc1cc(N)ccc1C(=O)NC1CC2CCC1O2. The van der Waals surface area contributed by atoms with E-state index in [4.69, 9.17) is 10.5 Å². The van der Waals surface area contributed by atoms with Gasteiger partial charge >= 0.3 is 0 Å². The molecule has 2 heterocycles. The Balaban J connectivity index is 1.71. The standard InChI is InChI=1S/C14H18N2O2/c1-8-6-9(15)2-4-11(8)14(17)16-12-7-10-3-5-13(12)18-10/h2,4,6,10,12-13H,3,5,7,15H2,1H3,(H,16,17). The number of benzene rings is 1. The lowest BCUT2D eigenvalue weighted by molar-refractivity contribution is 0.0840. The van der Waals surface area contributed by atoms with Crippen molar-refractivity contribution in [1.82, 2.24) is 5.32 Å². The van der Waals surface area contributed by atoms with Crippen LogP contribution in [0.1, 0.15) is 35.2 Å². The topological polar surface area (TPSA) is 64.4 Å². The average molecular weight is 246 g/mol. The van der Waals surface area contributed by atoms with Crippen LogP contribution in [0.2, 0.25) is 0 Å². The highest BCUT2D eigenvalue weighted by atomic mass is 16.5. The van der Waals surface area contributed by atoms with E-state index < -0.39 is 0 Å². The van der Waals surface area contributed by atoms with Gasteiger partial charge in [-0.1, -0.05) is 0 Å². The van der Waals surface area contributed by atoms with Gasteiger partial charge < -0.3 is 15.8 Å². The quantitative estimate of drug-likeness (QED) is 0.779. The summed E-state index contributed by atoms with van der Waals surface area (Å²) in [6, 6.07) is 5.55. The number of amides is 1. The van der Waals surface area contributed by atoms with E-state index in [9.17, 15) is 4.79 Å². The Labute approximate surface area is 107 Å². The zero-order chi connectivity index (χ0) is 12.7. The highest BCUT2D eigenvalue weighted by Crippen LogP contribution is 2.34. The van der Waals surface area contributed by atoms with Crippen molar-refractivity contribution in [2.24, 2.45) is 0 Å². The molecule has 0 aromatic heterocycles. The predicted molar refractivity (Wildman–Crippen MR) is 69.4 cm³/mol. The van der Waals surface area contributed by atoms with E-state index in [0.29, 0.717) is 17.4 Å². The lowest BCUT2D eigenvalue weighted by atomic mass is 9.95. The summed E-state index contributed by atoms with van der Waals surface area (Å²) in [5.41, 5.74) is 7.99. The second-order valence-corrected chi connectivity index (χ2v) is 5.26. The summed E-state index contributed by atoms with van der Waals surface area (Å²) in [5, 5.41) is 3.08.